The maximum atomic E-state index is 11.0. The Balaban J connectivity index is 2.42. The number of aliphatic imine (C=N–C) groups is 1. The van der Waals surface area contributed by atoms with E-state index in [0.29, 0.717) is 12.1 Å². The van der Waals surface area contributed by atoms with Crippen molar-refractivity contribution in [1.82, 2.24) is 10.6 Å². The molecule has 0 atom stereocenters. The SMILES string of the molecule is CCNC(=NCc1ccc(C(N)=O)cc1)NCCCCOCC. The first-order valence-electron chi connectivity index (χ1n) is 8.16. The summed E-state index contributed by atoms with van der Waals surface area (Å²) in [4.78, 5) is 15.6. The number of nitrogens with zero attached hydrogens (tertiary/aromatic N) is 1. The van der Waals surface area contributed by atoms with Gasteiger partial charge < -0.3 is 21.1 Å². The van der Waals surface area contributed by atoms with Gasteiger partial charge in [0, 0.05) is 31.9 Å². The highest BCUT2D eigenvalue weighted by molar-refractivity contribution is 5.92. The van der Waals surface area contributed by atoms with E-state index >= 15 is 0 Å². The molecular weight excluding hydrogens is 292 g/mol. The van der Waals surface area contributed by atoms with E-state index in [9.17, 15) is 4.79 Å². The minimum absolute atomic E-state index is 0.415. The van der Waals surface area contributed by atoms with E-state index in [4.69, 9.17) is 10.5 Å². The Hall–Kier alpha value is -2.08. The largest absolute Gasteiger partial charge is 0.382 e. The maximum Gasteiger partial charge on any atom is 0.248 e. The molecule has 6 heteroatoms. The van der Waals surface area contributed by atoms with Crippen LogP contribution in [0.1, 0.15) is 42.6 Å². The maximum absolute atomic E-state index is 11.0. The number of amides is 1. The van der Waals surface area contributed by atoms with E-state index < -0.39 is 5.91 Å². The van der Waals surface area contributed by atoms with Crippen LogP contribution in [0.4, 0.5) is 0 Å². The summed E-state index contributed by atoms with van der Waals surface area (Å²) in [6, 6.07) is 7.19. The van der Waals surface area contributed by atoms with Crippen molar-refractivity contribution in [3.05, 3.63) is 35.4 Å². The minimum Gasteiger partial charge on any atom is -0.382 e. The van der Waals surface area contributed by atoms with Crippen LogP contribution in [-0.2, 0) is 11.3 Å². The number of nitrogens with one attached hydrogen (secondary N) is 2. The Bertz CT molecular complexity index is 486. The fourth-order valence-corrected chi connectivity index (χ4v) is 1.97. The summed E-state index contributed by atoms with van der Waals surface area (Å²) in [6.45, 7) is 7.83. The predicted molar refractivity (Wildman–Crippen MR) is 93.5 cm³/mol. The number of guanidine groups is 1. The highest BCUT2D eigenvalue weighted by Gasteiger charge is 2.00. The average molecular weight is 320 g/mol. The molecule has 23 heavy (non-hydrogen) atoms. The van der Waals surface area contributed by atoms with Crippen LogP contribution in [0.2, 0.25) is 0 Å². The van der Waals surface area contributed by atoms with Crippen LogP contribution in [0.15, 0.2) is 29.3 Å². The quantitative estimate of drug-likeness (QED) is 0.347. The van der Waals surface area contributed by atoms with Crippen molar-refractivity contribution in [2.75, 3.05) is 26.3 Å². The molecule has 0 bridgehead atoms. The lowest BCUT2D eigenvalue weighted by atomic mass is 10.1. The van der Waals surface area contributed by atoms with Crippen LogP contribution < -0.4 is 16.4 Å². The van der Waals surface area contributed by atoms with Gasteiger partial charge in [0.25, 0.3) is 0 Å². The summed E-state index contributed by atoms with van der Waals surface area (Å²) in [6.07, 6.45) is 2.08. The smallest absolute Gasteiger partial charge is 0.248 e. The normalized spacial score (nSPS) is 11.3. The summed E-state index contributed by atoms with van der Waals surface area (Å²) >= 11 is 0. The predicted octanol–water partition coefficient (Wildman–Crippen LogP) is 1.66. The summed E-state index contributed by atoms with van der Waals surface area (Å²) in [5.41, 5.74) is 6.77. The Kier molecular flexibility index (Phi) is 9.47. The van der Waals surface area contributed by atoms with Gasteiger partial charge in [-0.25, -0.2) is 4.99 Å². The van der Waals surface area contributed by atoms with Crippen LogP contribution in [0, 0.1) is 0 Å². The first kappa shape index (κ1) is 19.0. The molecule has 0 unspecified atom stereocenters. The summed E-state index contributed by atoms with van der Waals surface area (Å²) in [5, 5.41) is 6.52. The number of hydrogen-bond acceptors (Lipinski definition) is 3. The molecule has 0 saturated heterocycles. The van der Waals surface area contributed by atoms with Gasteiger partial charge in [-0.05, 0) is 44.4 Å². The van der Waals surface area contributed by atoms with Crippen molar-refractivity contribution in [2.24, 2.45) is 10.7 Å². The Morgan fingerprint density at radius 3 is 2.52 bits per heavy atom. The molecule has 0 fully saturated rings. The molecule has 128 valence electrons. The van der Waals surface area contributed by atoms with E-state index in [1.165, 1.54) is 0 Å². The van der Waals surface area contributed by atoms with Gasteiger partial charge in [0.15, 0.2) is 5.96 Å². The molecule has 1 aromatic rings. The van der Waals surface area contributed by atoms with Crippen molar-refractivity contribution in [2.45, 2.75) is 33.2 Å². The van der Waals surface area contributed by atoms with Gasteiger partial charge in [0.2, 0.25) is 5.91 Å². The summed E-state index contributed by atoms with van der Waals surface area (Å²) in [7, 11) is 0. The Morgan fingerprint density at radius 2 is 1.91 bits per heavy atom. The van der Waals surface area contributed by atoms with Gasteiger partial charge in [0.05, 0.1) is 6.54 Å². The lowest BCUT2D eigenvalue weighted by molar-refractivity contribution is 0.100. The van der Waals surface area contributed by atoms with E-state index in [1.807, 2.05) is 26.0 Å². The van der Waals surface area contributed by atoms with Crippen LogP contribution >= 0.6 is 0 Å². The number of ether oxygens (including phenoxy) is 1. The fourth-order valence-electron chi connectivity index (χ4n) is 1.97. The number of hydrogen-bond donors (Lipinski definition) is 3. The van der Waals surface area contributed by atoms with Crippen LogP contribution in [0.25, 0.3) is 0 Å². The van der Waals surface area contributed by atoms with Gasteiger partial charge in [-0.15, -0.1) is 0 Å². The third kappa shape index (κ3) is 8.21. The number of benzene rings is 1. The molecule has 0 aliphatic heterocycles. The van der Waals surface area contributed by atoms with Crippen molar-refractivity contribution < 1.29 is 9.53 Å². The minimum atomic E-state index is -0.415. The van der Waals surface area contributed by atoms with Crippen molar-refractivity contribution in [1.29, 1.82) is 0 Å². The number of rotatable bonds is 10. The number of nitrogens with two attached hydrogens (primary N) is 1. The number of unbranched alkanes of at least 4 members (excludes halogenated alkanes) is 1. The van der Waals surface area contributed by atoms with Gasteiger partial charge in [0.1, 0.15) is 0 Å². The second kappa shape index (κ2) is 11.5. The highest BCUT2D eigenvalue weighted by Crippen LogP contribution is 2.05. The fraction of sp³-hybridized carbons (Fsp3) is 0.529. The number of carbonyl (C=O) groups excluding carboxylic acids is 1. The molecule has 0 aliphatic rings. The first-order chi connectivity index (χ1) is 11.2. The van der Waals surface area contributed by atoms with Crippen molar-refractivity contribution in [3.8, 4) is 0 Å². The van der Waals surface area contributed by atoms with E-state index in [-0.39, 0.29) is 0 Å². The molecule has 4 N–H and O–H groups in total. The third-order valence-electron chi connectivity index (χ3n) is 3.21. The molecule has 0 aliphatic carbocycles. The van der Waals surface area contributed by atoms with Crippen molar-refractivity contribution in [3.63, 3.8) is 0 Å². The van der Waals surface area contributed by atoms with Gasteiger partial charge >= 0.3 is 0 Å². The number of carbonyl (C=O) groups is 1. The zero-order valence-corrected chi connectivity index (χ0v) is 14.1. The zero-order valence-electron chi connectivity index (χ0n) is 14.1. The van der Waals surface area contributed by atoms with Gasteiger partial charge in [-0.3, -0.25) is 4.79 Å². The van der Waals surface area contributed by atoms with Crippen LogP contribution in [0.5, 0.6) is 0 Å². The van der Waals surface area contributed by atoms with Crippen molar-refractivity contribution >= 4 is 11.9 Å². The molecule has 1 amide bonds. The van der Waals surface area contributed by atoms with E-state index in [1.54, 1.807) is 12.1 Å². The van der Waals surface area contributed by atoms with E-state index in [2.05, 4.69) is 15.6 Å². The Morgan fingerprint density at radius 1 is 1.17 bits per heavy atom. The molecule has 0 radical (unpaired) electrons. The second-order valence-electron chi connectivity index (χ2n) is 5.09. The molecule has 1 rings (SSSR count). The second-order valence-corrected chi connectivity index (χ2v) is 5.09. The number of primary amides is 1. The van der Waals surface area contributed by atoms with Crippen LogP contribution in [-0.4, -0.2) is 38.2 Å². The van der Waals surface area contributed by atoms with Crippen LogP contribution in [0.3, 0.4) is 0 Å². The average Bonchev–Trinajstić information content (AvgIpc) is 2.56. The summed E-state index contributed by atoms with van der Waals surface area (Å²) < 4.78 is 5.31. The molecule has 0 aromatic heterocycles. The Labute approximate surface area is 138 Å². The first-order valence-corrected chi connectivity index (χ1v) is 8.16. The molecule has 0 saturated carbocycles. The molecule has 1 aromatic carbocycles. The molecular formula is C17H28N4O2. The standard InChI is InChI=1S/C17H28N4O2/c1-3-19-17(20-11-5-6-12-23-4-2)21-13-14-7-9-15(10-8-14)16(18)22/h7-10H,3-6,11-13H2,1-2H3,(H2,18,22)(H2,19,20,21). The monoisotopic (exact) mass is 320 g/mol. The lowest BCUT2D eigenvalue weighted by Gasteiger charge is -2.11. The van der Waals surface area contributed by atoms with Gasteiger partial charge in [-0.1, -0.05) is 12.1 Å². The zero-order chi connectivity index (χ0) is 16.9. The molecule has 0 heterocycles. The topological polar surface area (TPSA) is 88.7 Å². The molecule has 0 spiro atoms. The van der Waals surface area contributed by atoms with E-state index in [0.717, 1.165) is 50.7 Å². The summed E-state index contributed by atoms with van der Waals surface area (Å²) in [5.74, 6) is 0.380. The highest BCUT2D eigenvalue weighted by atomic mass is 16.5. The molecule has 6 nitrogen and oxygen atoms in total. The lowest BCUT2D eigenvalue weighted by Crippen LogP contribution is -2.37. The van der Waals surface area contributed by atoms with Gasteiger partial charge in [-0.2, -0.15) is 0 Å². The third-order valence-corrected chi connectivity index (χ3v) is 3.21.